The van der Waals surface area contributed by atoms with Crippen LogP contribution in [-0.4, -0.2) is 17.3 Å². The molecule has 0 amide bonds. The number of carbonyl (C=O) groups excluding carboxylic acids is 3. The van der Waals surface area contributed by atoms with Crippen LogP contribution in [0.5, 0.6) is 0 Å². The molecule has 0 aliphatic carbocycles. The first-order valence-electron chi connectivity index (χ1n) is 4.96. The van der Waals surface area contributed by atoms with Gasteiger partial charge in [0.1, 0.15) is 0 Å². The summed E-state index contributed by atoms with van der Waals surface area (Å²) in [6, 6.07) is 0. The van der Waals surface area contributed by atoms with Gasteiger partial charge in [-0.05, 0) is 20.8 Å². The molecular weight excluding hydrogens is 295 g/mol. The normalized spacial score (nSPS) is 10.3. The highest BCUT2D eigenvalue weighted by Gasteiger charge is 2.26. The Morgan fingerprint density at radius 3 is 1.28 bits per heavy atom. The van der Waals surface area contributed by atoms with Gasteiger partial charge in [0.15, 0.2) is 17.3 Å². The van der Waals surface area contributed by atoms with Gasteiger partial charge in [-0.1, -0.05) is 23.2 Å². The van der Waals surface area contributed by atoms with E-state index in [1.807, 2.05) is 0 Å². The third-order valence-electron chi connectivity index (χ3n) is 2.41. The van der Waals surface area contributed by atoms with E-state index in [4.69, 9.17) is 23.2 Å². The van der Waals surface area contributed by atoms with Crippen LogP contribution in [0.1, 0.15) is 51.8 Å². The van der Waals surface area contributed by atoms with Crippen LogP contribution in [0.4, 0.5) is 0 Å². The molecule has 0 saturated carbocycles. The summed E-state index contributed by atoms with van der Waals surface area (Å²) in [7, 11) is 0. The third-order valence-corrected chi connectivity index (χ3v) is 3.61. The first kappa shape index (κ1) is 15.2. The molecule has 1 aromatic rings. The van der Waals surface area contributed by atoms with E-state index < -0.39 is 5.78 Å². The first-order chi connectivity index (χ1) is 8.20. The number of rotatable bonds is 3. The lowest BCUT2D eigenvalue weighted by atomic mass is 9.98. The van der Waals surface area contributed by atoms with Gasteiger partial charge in [0.2, 0.25) is 0 Å². The molecule has 6 heteroatoms. The Hall–Kier alpha value is -0.840. The molecule has 0 aliphatic heterocycles. The van der Waals surface area contributed by atoms with E-state index in [0.717, 1.165) is 0 Å². The number of hydrogen-bond acceptors (Lipinski definition) is 4. The maximum absolute atomic E-state index is 11.5. The van der Waals surface area contributed by atoms with Gasteiger partial charge in [0.05, 0.1) is 26.7 Å². The molecular formula is C12H10Cl2O3S. The van der Waals surface area contributed by atoms with Crippen LogP contribution in [0.2, 0.25) is 10.0 Å². The summed E-state index contributed by atoms with van der Waals surface area (Å²) in [6.07, 6.45) is 0. The van der Waals surface area contributed by atoms with Crippen LogP contribution in [0.3, 0.4) is 0 Å². The molecule has 96 valence electrons. The molecule has 0 radical (unpaired) electrons. The number of Topliss-reactive ketones (excluding diaryl/α,β-unsaturated/α-hetero) is 3. The fraction of sp³-hybridized carbons (Fsp3) is 0.250. The van der Waals surface area contributed by atoms with Gasteiger partial charge in [-0.25, -0.2) is 0 Å². The van der Waals surface area contributed by atoms with E-state index in [1.165, 1.54) is 20.8 Å². The highest BCUT2D eigenvalue weighted by atomic mass is 35.5. The van der Waals surface area contributed by atoms with Gasteiger partial charge in [-0.2, -0.15) is 0 Å². The minimum Gasteiger partial charge on any atom is -0.294 e. The second kappa shape index (κ2) is 5.43. The van der Waals surface area contributed by atoms with E-state index in [0.29, 0.717) is 0 Å². The van der Waals surface area contributed by atoms with Crippen molar-refractivity contribution in [3.63, 3.8) is 0 Å². The fourth-order valence-corrected chi connectivity index (χ4v) is 3.26. The monoisotopic (exact) mass is 304 g/mol. The van der Waals surface area contributed by atoms with Gasteiger partial charge in [-0.3, -0.25) is 14.4 Å². The molecule has 0 heterocycles. The summed E-state index contributed by atoms with van der Waals surface area (Å²) >= 11 is 16.1. The van der Waals surface area contributed by atoms with E-state index in [2.05, 4.69) is 12.6 Å². The molecule has 0 saturated heterocycles. The molecule has 0 bridgehead atoms. The summed E-state index contributed by atoms with van der Waals surface area (Å²) in [5.41, 5.74) is 0.0612. The lowest BCUT2D eigenvalue weighted by molar-refractivity contribution is 0.101. The number of benzene rings is 1. The number of halogens is 2. The molecule has 0 N–H and O–H groups in total. The van der Waals surface area contributed by atoms with Crippen LogP contribution in [0.25, 0.3) is 0 Å². The van der Waals surface area contributed by atoms with E-state index in [1.54, 1.807) is 0 Å². The highest BCUT2D eigenvalue weighted by Crippen LogP contribution is 2.38. The van der Waals surface area contributed by atoms with Crippen molar-refractivity contribution in [3.8, 4) is 0 Å². The standard InChI is InChI=1S/C12H10Cl2O3S/c1-4(15)7-10(13)8(5(2)16)12(18)9(6(3)17)11(7)14/h18H,1-3H3. The Bertz CT molecular complexity index is 477. The van der Waals surface area contributed by atoms with Crippen molar-refractivity contribution in [2.45, 2.75) is 25.7 Å². The van der Waals surface area contributed by atoms with Gasteiger partial charge in [-0.15, -0.1) is 12.6 Å². The van der Waals surface area contributed by atoms with E-state index >= 15 is 0 Å². The average molecular weight is 305 g/mol. The Kier molecular flexibility index (Phi) is 4.59. The van der Waals surface area contributed by atoms with Crippen LogP contribution in [-0.2, 0) is 0 Å². The minimum absolute atomic E-state index is 0.0217. The smallest absolute Gasteiger partial charge is 0.162 e. The molecule has 0 fully saturated rings. The zero-order chi connectivity index (χ0) is 14.2. The van der Waals surface area contributed by atoms with Crippen LogP contribution in [0.15, 0.2) is 4.90 Å². The van der Waals surface area contributed by atoms with Crippen LogP contribution < -0.4 is 0 Å². The van der Waals surface area contributed by atoms with Crippen LogP contribution in [0, 0.1) is 0 Å². The van der Waals surface area contributed by atoms with Gasteiger partial charge in [0, 0.05) is 4.90 Å². The molecule has 0 atom stereocenters. The maximum Gasteiger partial charge on any atom is 0.162 e. The lowest BCUT2D eigenvalue weighted by Gasteiger charge is -2.14. The molecule has 18 heavy (non-hydrogen) atoms. The Morgan fingerprint density at radius 2 is 1.06 bits per heavy atom. The van der Waals surface area contributed by atoms with Gasteiger partial charge >= 0.3 is 0 Å². The van der Waals surface area contributed by atoms with Crippen molar-refractivity contribution in [2.24, 2.45) is 0 Å². The molecule has 0 aliphatic rings. The van der Waals surface area contributed by atoms with Gasteiger partial charge < -0.3 is 0 Å². The number of carbonyl (C=O) groups is 3. The van der Waals surface area contributed by atoms with Crippen molar-refractivity contribution < 1.29 is 14.4 Å². The van der Waals surface area contributed by atoms with Crippen molar-refractivity contribution in [1.82, 2.24) is 0 Å². The number of ketones is 3. The zero-order valence-corrected chi connectivity index (χ0v) is 12.3. The van der Waals surface area contributed by atoms with Crippen molar-refractivity contribution in [3.05, 3.63) is 26.7 Å². The van der Waals surface area contributed by atoms with Crippen molar-refractivity contribution in [2.75, 3.05) is 0 Å². The quantitative estimate of drug-likeness (QED) is 0.681. The number of hydrogen-bond donors (Lipinski definition) is 1. The summed E-state index contributed by atoms with van der Waals surface area (Å²) in [4.78, 5) is 34.7. The minimum atomic E-state index is -0.414. The molecule has 0 unspecified atom stereocenters. The summed E-state index contributed by atoms with van der Waals surface area (Å²) in [6.45, 7) is 3.82. The molecule has 3 nitrogen and oxygen atoms in total. The van der Waals surface area contributed by atoms with Gasteiger partial charge in [0.25, 0.3) is 0 Å². The second-order valence-electron chi connectivity index (χ2n) is 3.77. The molecule has 0 spiro atoms. The summed E-state index contributed by atoms with van der Waals surface area (Å²) in [5, 5.41) is -0.120. The van der Waals surface area contributed by atoms with Crippen molar-refractivity contribution in [1.29, 1.82) is 0 Å². The largest absolute Gasteiger partial charge is 0.294 e. The lowest BCUT2D eigenvalue weighted by Crippen LogP contribution is -2.09. The Labute approximate surface area is 120 Å². The average Bonchev–Trinajstić information content (AvgIpc) is 2.14. The summed E-state index contributed by atoms with van der Waals surface area (Å²) < 4.78 is 0. The summed E-state index contributed by atoms with van der Waals surface area (Å²) in [5.74, 6) is -1.18. The van der Waals surface area contributed by atoms with E-state index in [9.17, 15) is 14.4 Å². The predicted octanol–water partition coefficient (Wildman–Crippen LogP) is 3.89. The number of thiol groups is 1. The fourth-order valence-electron chi connectivity index (χ4n) is 1.63. The molecule has 0 aromatic heterocycles. The Balaban J connectivity index is 3.94. The van der Waals surface area contributed by atoms with E-state index in [-0.39, 0.29) is 43.2 Å². The highest BCUT2D eigenvalue weighted by molar-refractivity contribution is 7.80. The SMILES string of the molecule is CC(=O)c1c(S)c(C(C)=O)c(Cl)c(C(C)=O)c1Cl. The predicted molar refractivity (Wildman–Crippen MR) is 73.7 cm³/mol. The molecule has 1 rings (SSSR count). The molecule has 1 aromatic carbocycles. The maximum atomic E-state index is 11.5. The third kappa shape index (κ3) is 2.46. The zero-order valence-electron chi connectivity index (χ0n) is 9.93. The first-order valence-corrected chi connectivity index (χ1v) is 6.17. The van der Waals surface area contributed by atoms with Crippen molar-refractivity contribution >= 4 is 53.2 Å². The second-order valence-corrected chi connectivity index (χ2v) is 4.97. The Morgan fingerprint density at radius 1 is 0.778 bits per heavy atom. The topological polar surface area (TPSA) is 51.2 Å². The van der Waals surface area contributed by atoms with Crippen LogP contribution >= 0.6 is 35.8 Å².